The number of anilines is 2. The molecule has 0 aliphatic carbocycles. The molecule has 20 heavy (non-hydrogen) atoms. The van der Waals surface area contributed by atoms with Gasteiger partial charge in [0.2, 0.25) is 11.8 Å². The van der Waals surface area contributed by atoms with Gasteiger partial charge in [0.05, 0.1) is 5.52 Å². The molecule has 0 bridgehead atoms. The van der Waals surface area contributed by atoms with Crippen LogP contribution in [-0.4, -0.2) is 26.7 Å². The Bertz CT molecular complexity index is 739. The number of hydrogen-bond donors (Lipinski definition) is 2. The molecule has 0 amide bonds. The van der Waals surface area contributed by atoms with Gasteiger partial charge in [-0.25, -0.2) is 4.98 Å². The van der Waals surface area contributed by atoms with Gasteiger partial charge < -0.3 is 15.6 Å². The molecule has 0 fully saturated rings. The number of rotatable bonds is 4. The molecule has 7 heteroatoms. The van der Waals surface area contributed by atoms with Crippen LogP contribution < -0.4 is 11.1 Å². The smallest absolute Gasteiger partial charge is 0.223 e. The lowest BCUT2D eigenvalue weighted by atomic mass is 10.2. The Morgan fingerprint density at radius 3 is 2.85 bits per heavy atom. The van der Waals surface area contributed by atoms with Crippen LogP contribution in [0.25, 0.3) is 10.9 Å². The maximum atomic E-state index is 5.71. The predicted octanol–water partition coefficient (Wildman–Crippen LogP) is 1.56. The summed E-state index contributed by atoms with van der Waals surface area (Å²) in [4.78, 5) is 12.6. The summed E-state index contributed by atoms with van der Waals surface area (Å²) in [6.07, 6.45) is 0.648. The lowest BCUT2D eigenvalue weighted by Crippen LogP contribution is -2.09. The molecule has 0 spiro atoms. The van der Waals surface area contributed by atoms with E-state index in [4.69, 9.17) is 10.3 Å². The Kier molecular flexibility index (Phi) is 3.16. The lowest BCUT2D eigenvalue weighted by molar-refractivity contribution is 0.387. The van der Waals surface area contributed by atoms with Crippen LogP contribution in [0.2, 0.25) is 0 Å². The number of aryl methyl sites for hydroxylation is 1. The lowest BCUT2D eigenvalue weighted by Gasteiger charge is -2.08. The highest BCUT2D eigenvalue weighted by molar-refractivity contribution is 5.89. The van der Waals surface area contributed by atoms with E-state index in [-0.39, 0.29) is 5.95 Å². The minimum Gasteiger partial charge on any atom is -0.369 e. The zero-order chi connectivity index (χ0) is 13.9. The third-order valence-electron chi connectivity index (χ3n) is 2.83. The summed E-state index contributed by atoms with van der Waals surface area (Å²) in [5.41, 5.74) is 6.53. The number of hydrogen-bond acceptors (Lipinski definition) is 7. The first kappa shape index (κ1) is 12.3. The SMILES string of the molecule is Cc1nc(CCNc2nc(N)nc3ccccc23)no1. The third kappa shape index (κ3) is 2.51. The molecular formula is C13H14N6O. The van der Waals surface area contributed by atoms with Crippen molar-refractivity contribution in [2.45, 2.75) is 13.3 Å². The number of nitrogen functional groups attached to an aromatic ring is 1. The van der Waals surface area contributed by atoms with Gasteiger partial charge in [0.1, 0.15) is 5.82 Å². The second kappa shape index (κ2) is 5.12. The van der Waals surface area contributed by atoms with Crippen molar-refractivity contribution in [3.05, 3.63) is 36.0 Å². The van der Waals surface area contributed by atoms with Gasteiger partial charge in [-0.3, -0.25) is 0 Å². The molecule has 0 atom stereocenters. The van der Waals surface area contributed by atoms with Gasteiger partial charge in [0.15, 0.2) is 5.82 Å². The molecule has 0 aliphatic heterocycles. The maximum absolute atomic E-state index is 5.71. The number of aromatic nitrogens is 4. The summed E-state index contributed by atoms with van der Waals surface area (Å²) in [6, 6.07) is 7.72. The summed E-state index contributed by atoms with van der Waals surface area (Å²) >= 11 is 0. The van der Waals surface area contributed by atoms with Gasteiger partial charge in [-0.2, -0.15) is 9.97 Å². The van der Waals surface area contributed by atoms with Crippen molar-refractivity contribution >= 4 is 22.7 Å². The minimum atomic E-state index is 0.251. The molecule has 3 N–H and O–H groups in total. The maximum Gasteiger partial charge on any atom is 0.223 e. The summed E-state index contributed by atoms with van der Waals surface area (Å²) in [7, 11) is 0. The van der Waals surface area contributed by atoms with E-state index in [1.807, 2.05) is 24.3 Å². The fourth-order valence-corrected chi connectivity index (χ4v) is 1.96. The van der Waals surface area contributed by atoms with Crippen LogP contribution >= 0.6 is 0 Å². The zero-order valence-corrected chi connectivity index (χ0v) is 11.0. The Labute approximate surface area is 115 Å². The van der Waals surface area contributed by atoms with Gasteiger partial charge in [0.25, 0.3) is 0 Å². The van der Waals surface area contributed by atoms with Crippen LogP contribution in [0.4, 0.5) is 11.8 Å². The Morgan fingerprint density at radius 2 is 2.05 bits per heavy atom. The van der Waals surface area contributed by atoms with Crippen molar-refractivity contribution in [3.63, 3.8) is 0 Å². The molecule has 7 nitrogen and oxygen atoms in total. The number of nitrogens with zero attached hydrogens (tertiary/aromatic N) is 4. The van der Waals surface area contributed by atoms with Crippen molar-refractivity contribution in [2.24, 2.45) is 0 Å². The standard InChI is InChI=1S/C13H14N6O/c1-8-16-11(19-20-8)6-7-15-12-9-4-2-3-5-10(9)17-13(14)18-12/h2-5H,6-7H2,1H3,(H3,14,15,17,18). The van der Waals surface area contributed by atoms with Crippen LogP contribution in [0.5, 0.6) is 0 Å². The fourth-order valence-electron chi connectivity index (χ4n) is 1.96. The van der Waals surface area contributed by atoms with Crippen LogP contribution in [0.1, 0.15) is 11.7 Å². The third-order valence-corrected chi connectivity index (χ3v) is 2.83. The summed E-state index contributed by atoms with van der Waals surface area (Å²) in [5, 5.41) is 8.01. The first-order valence-electron chi connectivity index (χ1n) is 6.28. The van der Waals surface area contributed by atoms with Crippen molar-refractivity contribution in [1.29, 1.82) is 0 Å². The van der Waals surface area contributed by atoms with Crippen molar-refractivity contribution in [2.75, 3.05) is 17.6 Å². The molecule has 3 aromatic rings. The van der Waals surface area contributed by atoms with E-state index in [1.165, 1.54) is 0 Å². The van der Waals surface area contributed by atoms with Crippen LogP contribution in [-0.2, 0) is 6.42 Å². The average Bonchev–Trinajstić information content (AvgIpc) is 2.84. The highest BCUT2D eigenvalue weighted by atomic mass is 16.5. The Morgan fingerprint density at radius 1 is 1.20 bits per heavy atom. The zero-order valence-electron chi connectivity index (χ0n) is 11.0. The summed E-state index contributed by atoms with van der Waals surface area (Å²) < 4.78 is 4.92. The van der Waals surface area contributed by atoms with Gasteiger partial charge in [-0.05, 0) is 12.1 Å². The predicted molar refractivity (Wildman–Crippen MR) is 75.2 cm³/mol. The second-order valence-electron chi connectivity index (χ2n) is 4.35. The highest BCUT2D eigenvalue weighted by Crippen LogP contribution is 2.20. The van der Waals surface area contributed by atoms with Gasteiger partial charge in [-0.15, -0.1) is 0 Å². The topological polar surface area (TPSA) is 103 Å². The molecule has 2 heterocycles. The average molecular weight is 270 g/mol. The van der Waals surface area contributed by atoms with E-state index in [2.05, 4.69) is 25.4 Å². The normalized spacial score (nSPS) is 10.8. The Balaban J connectivity index is 1.77. The molecule has 102 valence electrons. The number of fused-ring (bicyclic) bond motifs is 1. The molecular weight excluding hydrogens is 256 g/mol. The van der Waals surface area contributed by atoms with E-state index >= 15 is 0 Å². The summed E-state index contributed by atoms with van der Waals surface area (Å²) in [6.45, 7) is 2.40. The molecule has 0 aliphatic rings. The van der Waals surface area contributed by atoms with Gasteiger partial charge in [-0.1, -0.05) is 17.3 Å². The van der Waals surface area contributed by atoms with Crippen LogP contribution in [0.3, 0.4) is 0 Å². The van der Waals surface area contributed by atoms with E-state index < -0.39 is 0 Å². The van der Waals surface area contributed by atoms with Gasteiger partial charge in [0, 0.05) is 25.3 Å². The quantitative estimate of drug-likeness (QED) is 0.741. The largest absolute Gasteiger partial charge is 0.369 e. The van der Waals surface area contributed by atoms with Crippen molar-refractivity contribution < 1.29 is 4.52 Å². The molecule has 0 radical (unpaired) electrons. The van der Waals surface area contributed by atoms with E-state index in [0.717, 1.165) is 10.9 Å². The van der Waals surface area contributed by atoms with Gasteiger partial charge >= 0.3 is 0 Å². The minimum absolute atomic E-state index is 0.251. The van der Waals surface area contributed by atoms with E-state index in [0.29, 0.717) is 30.5 Å². The number of para-hydroxylation sites is 1. The number of nitrogens with one attached hydrogen (secondary N) is 1. The molecule has 2 aromatic heterocycles. The first-order valence-corrected chi connectivity index (χ1v) is 6.28. The van der Waals surface area contributed by atoms with E-state index in [9.17, 15) is 0 Å². The molecule has 3 rings (SSSR count). The first-order chi connectivity index (χ1) is 9.72. The van der Waals surface area contributed by atoms with Crippen LogP contribution in [0, 0.1) is 6.92 Å². The monoisotopic (exact) mass is 270 g/mol. The van der Waals surface area contributed by atoms with E-state index in [1.54, 1.807) is 6.92 Å². The molecule has 0 unspecified atom stereocenters. The second-order valence-corrected chi connectivity index (χ2v) is 4.35. The number of benzene rings is 1. The Hall–Kier alpha value is -2.70. The number of nitrogens with two attached hydrogens (primary N) is 1. The highest BCUT2D eigenvalue weighted by Gasteiger charge is 2.06. The van der Waals surface area contributed by atoms with Crippen molar-refractivity contribution in [1.82, 2.24) is 20.1 Å². The van der Waals surface area contributed by atoms with Crippen LogP contribution in [0.15, 0.2) is 28.8 Å². The summed E-state index contributed by atoms with van der Waals surface area (Å²) in [5.74, 6) is 2.20. The molecule has 0 saturated carbocycles. The molecule has 0 saturated heterocycles. The molecule has 1 aromatic carbocycles. The van der Waals surface area contributed by atoms with Crippen molar-refractivity contribution in [3.8, 4) is 0 Å². The fraction of sp³-hybridized carbons (Fsp3) is 0.231.